The van der Waals surface area contributed by atoms with Crippen LogP contribution in [0.15, 0.2) is 42.5 Å². The molecule has 0 aromatic heterocycles. The van der Waals surface area contributed by atoms with Crippen LogP contribution < -0.4 is 0 Å². The van der Waals surface area contributed by atoms with Gasteiger partial charge in [-0.1, -0.05) is 18.2 Å². The Morgan fingerprint density at radius 1 is 1.10 bits per heavy atom. The van der Waals surface area contributed by atoms with Crippen LogP contribution in [0.4, 0.5) is 0 Å². The number of allylic oxidation sites excluding steroid dienone is 1. The van der Waals surface area contributed by atoms with E-state index in [1.165, 1.54) is 37.3 Å². The van der Waals surface area contributed by atoms with E-state index in [-0.39, 0.29) is 34.2 Å². The maximum atomic E-state index is 12.0. The number of benzene rings is 2. The van der Waals surface area contributed by atoms with Crippen molar-refractivity contribution >= 4 is 11.9 Å². The molecule has 0 heterocycles. The highest BCUT2D eigenvalue weighted by molar-refractivity contribution is 6.09. The third-order valence-corrected chi connectivity index (χ3v) is 2.97. The number of carbonyl (C=O) groups excluding carboxylic acids is 1. The molecule has 0 unspecified atom stereocenters. The van der Waals surface area contributed by atoms with Crippen molar-refractivity contribution in [3.63, 3.8) is 0 Å². The van der Waals surface area contributed by atoms with Gasteiger partial charge in [-0.2, -0.15) is 0 Å². The number of rotatable bonds is 3. The van der Waals surface area contributed by atoms with Gasteiger partial charge in [0.05, 0.1) is 5.56 Å². The van der Waals surface area contributed by atoms with E-state index in [4.69, 9.17) is 0 Å². The van der Waals surface area contributed by atoms with Crippen LogP contribution in [0.2, 0.25) is 0 Å². The summed E-state index contributed by atoms with van der Waals surface area (Å²) >= 11 is 0. The molecule has 2 rings (SSSR count). The van der Waals surface area contributed by atoms with E-state index in [2.05, 4.69) is 0 Å². The largest absolute Gasteiger partial charge is 0.508 e. The molecule has 3 N–H and O–H groups in total. The molecule has 0 aliphatic heterocycles. The van der Waals surface area contributed by atoms with Crippen LogP contribution in [0.5, 0.6) is 17.2 Å². The summed E-state index contributed by atoms with van der Waals surface area (Å²) in [6.07, 6.45) is 2.85. The molecule has 20 heavy (non-hydrogen) atoms. The van der Waals surface area contributed by atoms with Crippen molar-refractivity contribution in [1.82, 2.24) is 0 Å². The maximum absolute atomic E-state index is 12.0. The van der Waals surface area contributed by atoms with Crippen LogP contribution in [0.3, 0.4) is 0 Å². The molecule has 0 spiro atoms. The van der Waals surface area contributed by atoms with Gasteiger partial charge in [0.15, 0.2) is 5.78 Å². The molecule has 0 atom stereocenters. The third kappa shape index (κ3) is 2.80. The first-order valence-electron chi connectivity index (χ1n) is 6.02. The number of phenols is 3. The summed E-state index contributed by atoms with van der Waals surface area (Å²) in [4.78, 5) is 12.0. The SMILES string of the molecule is Cc1c(O)ccc(C(=O)/C=C/c2cccc(O)c2)c1O. The Balaban J connectivity index is 2.27. The normalized spacial score (nSPS) is 10.8. The summed E-state index contributed by atoms with van der Waals surface area (Å²) in [6.45, 7) is 1.53. The topological polar surface area (TPSA) is 77.8 Å². The summed E-state index contributed by atoms with van der Waals surface area (Å²) in [6, 6.07) is 9.20. The average molecular weight is 270 g/mol. The van der Waals surface area contributed by atoms with Crippen molar-refractivity contribution in [2.45, 2.75) is 6.92 Å². The Kier molecular flexibility index (Phi) is 3.75. The Morgan fingerprint density at radius 3 is 2.55 bits per heavy atom. The van der Waals surface area contributed by atoms with Crippen molar-refractivity contribution in [3.8, 4) is 17.2 Å². The van der Waals surface area contributed by atoms with Crippen molar-refractivity contribution < 1.29 is 20.1 Å². The predicted molar refractivity (Wildman–Crippen MR) is 76.0 cm³/mol. The molecule has 0 bridgehead atoms. The lowest BCUT2D eigenvalue weighted by Crippen LogP contribution is -1.96. The molecule has 0 amide bonds. The van der Waals surface area contributed by atoms with Crippen molar-refractivity contribution in [1.29, 1.82) is 0 Å². The van der Waals surface area contributed by atoms with E-state index in [0.717, 1.165) is 0 Å². The lowest BCUT2D eigenvalue weighted by Gasteiger charge is -2.05. The highest BCUT2D eigenvalue weighted by Gasteiger charge is 2.12. The zero-order valence-electron chi connectivity index (χ0n) is 10.9. The predicted octanol–water partition coefficient (Wildman–Crippen LogP) is 3.01. The summed E-state index contributed by atoms with van der Waals surface area (Å²) in [5, 5.41) is 28.6. The summed E-state index contributed by atoms with van der Waals surface area (Å²) in [5.41, 5.74) is 1.06. The van der Waals surface area contributed by atoms with Gasteiger partial charge in [0.25, 0.3) is 0 Å². The second-order valence-electron chi connectivity index (χ2n) is 4.40. The molecule has 0 fully saturated rings. The Morgan fingerprint density at radius 2 is 1.85 bits per heavy atom. The third-order valence-electron chi connectivity index (χ3n) is 2.97. The van der Waals surface area contributed by atoms with E-state index in [9.17, 15) is 20.1 Å². The van der Waals surface area contributed by atoms with Gasteiger partial charge in [-0.15, -0.1) is 0 Å². The number of hydrogen-bond acceptors (Lipinski definition) is 4. The number of aromatic hydroxyl groups is 3. The molecule has 2 aromatic carbocycles. The Labute approximate surface area is 116 Å². The highest BCUT2D eigenvalue weighted by atomic mass is 16.3. The van der Waals surface area contributed by atoms with E-state index >= 15 is 0 Å². The molecule has 2 aromatic rings. The van der Waals surface area contributed by atoms with Gasteiger partial charge >= 0.3 is 0 Å². The number of carbonyl (C=O) groups is 1. The van der Waals surface area contributed by atoms with E-state index in [1.807, 2.05) is 0 Å². The molecule has 0 saturated heterocycles. The average Bonchev–Trinajstić information content (AvgIpc) is 2.42. The molecular weight excluding hydrogens is 256 g/mol. The summed E-state index contributed by atoms with van der Waals surface area (Å²) in [7, 11) is 0. The maximum Gasteiger partial charge on any atom is 0.189 e. The number of phenolic OH excluding ortho intramolecular Hbond substituents is 3. The zero-order valence-corrected chi connectivity index (χ0v) is 10.9. The molecule has 4 nitrogen and oxygen atoms in total. The van der Waals surface area contributed by atoms with Crippen molar-refractivity contribution in [3.05, 3.63) is 59.2 Å². The summed E-state index contributed by atoms with van der Waals surface area (Å²) in [5.74, 6) is -0.552. The minimum absolute atomic E-state index is 0.0592. The van der Waals surface area contributed by atoms with Crippen LogP contribution in [0.1, 0.15) is 21.5 Å². The number of ketones is 1. The molecule has 0 radical (unpaired) electrons. The van der Waals surface area contributed by atoms with Gasteiger partial charge < -0.3 is 15.3 Å². The van der Waals surface area contributed by atoms with Gasteiger partial charge in [0.2, 0.25) is 0 Å². The zero-order chi connectivity index (χ0) is 14.7. The molecule has 4 heteroatoms. The standard InChI is InChI=1S/C16H14O4/c1-10-14(18)8-6-13(16(10)20)15(19)7-5-11-3-2-4-12(17)9-11/h2-9,17-18,20H,1H3/b7-5+. The molecule has 0 saturated carbocycles. The van der Waals surface area contributed by atoms with Crippen LogP contribution >= 0.6 is 0 Å². The smallest absolute Gasteiger partial charge is 0.189 e. The molecule has 0 aliphatic rings. The highest BCUT2D eigenvalue weighted by Crippen LogP contribution is 2.29. The van der Waals surface area contributed by atoms with E-state index in [0.29, 0.717) is 5.56 Å². The van der Waals surface area contributed by atoms with E-state index < -0.39 is 0 Å². The molecule has 102 valence electrons. The van der Waals surface area contributed by atoms with Crippen molar-refractivity contribution in [2.75, 3.05) is 0 Å². The quantitative estimate of drug-likeness (QED) is 0.592. The lowest BCUT2D eigenvalue weighted by molar-refractivity contribution is 0.104. The van der Waals surface area contributed by atoms with Gasteiger partial charge in [-0.3, -0.25) is 4.79 Å². The van der Waals surface area contributed by atoms with Gasteiger partial charge in [0.1, 0.15) is 17.2 Å². The van der Waals surface area contributed by atoms with Crippen LogP contribution in [-0.2, 0) is 0 Å². The first-order valence-corrected chi connectivity index (χ1v) is 6.02. The number of hydrogen-bond donors (Lipinski definition) is 3. The van der Waals surface area contributed by atoms with Crippen LogP contribution in [-0.4, -0.2) is 21.1 Å². The van der Waals surface area contributed by atoms with Gasteiger partial charge in [-0.25, -0.2) is 0 Å². The van der Waals surface area contributed by atoms with Gasteiger partial charge in [-0.05, 0) is 42.8 Å². The minimum atomic E-state index is -0.381. The monoisotopic (exact) mass is 270 g/mol. The Hall–Kier alpha value is -2.75. The second-order valence-corrected chi connectivity index (χ2v) is 4.40. The molecular formula is C16H14O4. The summed E-state index contributed by atoms with van der Waals surface area (Å²) < 4.78 is 0. The minimum Gasteiger partial charge on any atom is -0.508 e. The van der Waals surface area contributed by atoms with Crippen LogP contribution in [0, 0.1) is 6.92 Å². The fraction of sp³-hybridized carbons (Fsp3) is 0.0625. The first-order chi connectivity index (χ1) is 9.49. The van der Waals surface area contributed by atoms with E-state index in [1.54, 1.807) is 18.2 Å². The fourth-order valence-electron chi connectivity index (χ4n) is 1.78. The second kappa shape index (κ2) is 5.48. The van der Waals surface area contributed by atoms with Crippen molar-refractivity contribution in [2.24, 2.45) is 0 Å². The lowest BCUT2D eigenvalue weighted by atomic mass is 10.0. The van der Waals surface area contributed by atoms with Crippen LogP contribution in [0.25, 0.3) is 6.08 Å². The van der Waals surface area contributed by atoms with Gasteiger partial charge in [0, 0.05) is 5.56 Å². The molecule has 0 aliphatic carbocycles. The fourth-order valence-corrected chi connectivity index (χ4v) is 1.78. The first kappa shape index (κ1) is 13.7. The Bertz CT molecular complexity index is 687.